The third-order valence-electron chi connectivity index (χ3n) is 3.86. The molecule has 2 heterocycles. The quantitative estimate of drug-likeness (QED) is 0.816. The maximum absolute atomic E-state index is 12.7. The van der Waals surface area contributed by atoms with Gasteiger partial charge in [0.2, 0.25) is 10.0 Å². The molecule has 0 saturated carbocycles. The molecule has 1 unspecified atom stereocenters. The second kappa shape index (κ2) is 6.91. The van der Waals surface area contributed by atoms with E-state index in [2.05, 4.69) is 12.2 Å². The highest BCUT2D eigenvalue weighted by atomic mass is 32.2. The van der Waals surface area contributed by atoms with Gasteiger partial charge in [-0.3, -0.25) is 0 Å². The number of sulfonamides is 1. The summed E-state index contributed by atoms with van der Waals surface area (Å²) in [4.78, 5) is 0.387. The van der Waals surface area contributed by atoms with Crippen LogP contribution in [0.25, 0.3) is 0 Å². The number of ether oxygens (including phenoxy) is 1. The molecule has 21 heavy (non-hydrogen) atoms. The maximum atomic E-state index is 12.7. The maximum Gasteiger partial charge on any atom is 0.244 e. The summed E-state index contributed by atoms with van der Waals surface area (Å²) in [6.45, 7) is 4.55. The highest BCUT2D eigenvalue weighted by Crippen LogP contribution is 2.24. The van der Waals surface area contributed by atoms with Gasteiger partial charge in [0.25, 0.3) is 0 Å². The molecule has 7 heteroatoms. The summed E-state index contributed by atoms with van der Waals surface area (Å²) < 4.78 is 34.2. The largest absolute Gasteiger partial charge is 0.380 e. The van der Waals surface area contributed by atoms with Crippen molar-refractivity contribution in [1.82, 2.24) is 14.2 Å². The van der Waals surface area contributed by atoms with E-state index in [1.54, 1.807) is 19.4 Å². The first-order chi connectivity index (χ1) is 10.0. The molecule has 1 N–H and O–H groups in total. The zero-order valence-electron chi connectivity index (χ0n) is 13.0. The van der Waals surface area contributed by atoms with E-state index in [-0.39, 0.29) is 6.10 Å². The number of methoxy groups -OCH3 is 1. The van der Waals surface area contributed by atoms with Crippen LogP contribution in [0.15, 0.2) is 17.2 Å². The van der Waals surface area contributed by atoms with Crippen LogP contribution in [0.5, 0.6) is 0 Å². The molecule has 1 saturated heterocycles. The minimum atomic E-state index is -3.42. The minimum absolute atomic E-state index is 0.00859. The first-order valence-corrected chi connectivity index (χ1v) is 8.83. The van der Waals surface area contributed by atoms with Crippen molar-refractivity contribution in [3.8, 4) is 0 Å². The van der Waals surface area contributed by atoms with E-state index in [9.17, 15) is 8.42 Å². The lowest BCUT2D eigenvalue weighted by molar-refractivity contribution is 0.115. The van der Waals surface area contributed by atoms with Crippen LogP contribution in [0.2, 0.25) is 0 Å². The molecule has 0 bridgehead atoms. The van der Waals surface area contributed by atoms with Crippen LogP contribution < -0.4 is 5.32 Å². The molecular formula is C14H25N3O3S. The molecule has 1 aliphatic heterocycles. The normalized spacial score (nSPS) is 20.2. The molecule has 1 aliphatic rings. The van der Waals surface area contributed by atoms with Gasteiger partial charge >= 0.3 is 0 Å². The Balaban J connectivity index is 2.25. The molecule has 1 fully saturated rings. The summed E-state index contributed by atoms with van der Waals surface area (Å²) in [6, 6.07) is 1.78. The summed E-state index contributed by atoms with van der Waals surface area (Å²) in [5.41, 5.74) is 1.00. The molecule has 0 aromatic carbocycles. The van der Waals surface area contributed by atoms with Gasteiger partial charge in [0, 0.05) is 45.2 Å². The molecule has 2 rings (SSSR count). The van der Waals surface area contributed by atoms with Crippen molar-refractivity contribution in [2.24, 2.45) is 0 Å². The predicted molar refractivity (Wildman–Crippen MR) is 81.7 cm³/mol. The molecule has 0 aliphatic carbocycles. The van der Waals surface area contributed by atoms with Crippen molar-refractivity contribution in [2.45, 2.75) is 43.9 Å². The van der Waals surface area contributed by atoms with Crippen LogP contribution >= 0.6 is 0 Å². The van der Waals surface area contributed by atoms with Crippen molar-refractivity contribution in [2.75, 3.05) is 27.2 Å². The molecule has 1 atom stereocenters. The summed E-state index contributed by atoms with van der Waals surface area (Å²) in [6.07, 6.45) is 3.50. The lowest BCUT2D eigenvalue weighted by Crippen LogP contribution is -2.29. The van der Waals surface area contributed by atoms with Crippen molar-refractivity contribution >= 4 is 10.0 Å². The molecule has 0 spiro atoms. The smallest absolute Gasteiger partial charge is 0.244 e. The molecule has 0 radical (unpaired) electrons. The van der Waals surface area contributed by atoms with Gasteiger partial charge in [-0.25, -0.2) is 8.42 Å². The molecule has 6 nitrogen and oxygen atoms in total. The lowest BCUT2D eigenvalue weighted by atomic mass is 10.3. The summed E-state index contributed by atoms with van der Waals surface area (Å²) >= 11 is 0. The zero-order chi connectivity index (χ0) is 15.5. The highest BCUT2D eigenvalue weighted by Gasteiger charge is 2.33. The fourth-order valence-electron chi connectivity index (χ4n) is 2.70. The van der Waals surface area contributed by atoms with Crippen molar-refractivity contribution in [3.63, 3.8) is 0 Å². The van der Waals surface area contributed by atoms with E-state index in [1.165, 1.54) is 4.31 Å². The fraction of sp³-hybridized carbons (Fsp3) is 0.714. The SMILES string of the molecule is CCCn1cc(S(=O)(=O)N2CCC(OC)C2)cc1CNC. The number of aromatic nitrogens is 1. The second-order valence-corrected chi connectivity index (χ2v) is 7.34. The standard InChI is InChI=1S/C14H25N3O3S/c1-4-6-16-11-14(8-12(16)9-15-2)21(18,19)17-7-5-13(10-17)20-3/h8,11,13,15H,4-7,9-10H2,1-3H3. The Morgan fingerprint density at radius 3 is 2.81 bits per heavy atom. The number of rotatable bonds is 7. The Morgan fingerprint density at radius 2 is 2.24 bits per heavy atom. The number of nitrogens with one attached hydrogen (secondary N) is 1. The van der Waals surface area contributed by atoms with Gasteiger partial charge in [-0.15, -0.1) is 0 Å². The Morgan fingerprint density at radius 1 is 1.48 bits per heavy atom. The Labute approximate surface area is 127 Å². The summed E-state index contributed by atoms with van der Waals surface area (Å²) in [7, 11) is 0.0754. The van der Waals surface area contributed by atoms with Crippen LogP contribution in [-0.4, -0.2) is 50.6 Å². The molecule has 120 valence electrons. The van der Waals surface area contributed by atoms with Gasteiger partial charge in [-0.05, 0) is 26.0 Å². The minimum Gasteiger partial charge on any atom is -0.380 e. The van der Waals surface area contributed by atoms with Gasteiger partial charge in [0.1, 0.15) is 4.90 Å². The van der Waals surface area contributed by atoms with Crippen LogP contribution in [0.1, 0.15) is 25.5 Å². The van der Waals surface area contributed by atoms with Gasteiger partial charge in [-0.2, -0.15) is 4.31 Å². The second-order valence-electron chi connectivity index (χ2n) is 5.40. The van der Waals surface area contributed by atoms with E-state index in [1.807, 2.05) is 11.6 Å². The van der Waals surface area contributed by atoms with Crippen LogP contribution in [0.3, 0.4) is 0 Å². The third-order valence-corrected chi connectivity index (χ3v) is 5.69. The van der Waals surface area contributed by atoms with E-state index in [0.717, 1.165) is 25.1 Å². The monoisotopic (exact) mass is 315 g/mol. The van der Waals surface area contributed by atoms with Gasteiger partial charge in [0.15, 0.2) is 0 Å². The number of hydrogen-bond donors (Lipinski definition) is 1. The van der Waals surface area contributed by atoms with E-state index < -0.39 is 10.0 Å². The van der Waals surface area contributed by atoms with E-state index in [4.69, 9.17) is 4.74 Å². The van der Waals surface area contributed by atoms with Gasteiger partial charge < -0.3 is 14.6 Å². The topological polar surface area (TPSA) is 63.6 Å². The average molecular weight is 315 g/mol. The summed E-state index contributed by atoms with van der Waals surface area (Å²) in [5, 5.41) is 3.08. The molecular weight excluding hydrogens is 290 g/mol. The lowest BCUT2D eigenvalue weighted by Gasteiger charge is -2.15. The molecule has 0 amide bonds. The Bertz CT molecular complexity index is 545. The molecule has 1 aromatic rings. The highest BCUT2D eigenvalue weighted by molar-refractivity contribution is 7.89. The zero-order valence-corrected chi connectivity index (χ0v) is 13.8. The Kier molecular flexibility index (Phi) is 5.43. The van der Waals surface area contributed by atoms with Gasteiger partial charge in [0.05, 0.1) is 6.10 Å². The molecule has 1 aromatic heterocycles. The van der Waals surface area contributed by atoms with E-state index in [0.29, 0.717) is 24.5 Å². The first-order valence-electron chi connectivity index (χ1n) is 7.39. The predicted octanol–water partition coefficient (Wildman–Crippen LogP) is 1.03. The van der Waals surface area contributed by atoms with Crippen molar-refractivity contribution in [3.05, 3.63) is 18.0 Å². The van der Waals surface area contributed by atoms with Crippen LogP contribution in [0.4, 0.5) is 0 Å². The number of hydrogen-bond acceptors (Lipinski definition) is 4. The van der Waals surface area contributed by atoms with Crippen LogP contribution in [0, 0.1) is 0 Å². The third kappa shape index (κ3) is 3.48. The fourth-order valence-corrected chi connectivity index (χ4v) is 4.25. The van der Waals surface area contributed by atoms with E-state index >= 15 is 0 Å². The summed E-state index contributed by atoms with van der Waals surface area (Å²) in [5.74, 6) is 0. The van der Waals surface area contributed by atoms with Crippen molar-refractivity contribution in [1.29, 1.82) is 0 Å². The van der Waals surface area contributed by atoms with Gasteiger partial charge in [-0.1, -0.05) is 6.92 Å². The Hall–Kier alpha value is -0.890. The number of aryl methyl sites for hydroxylation is 1. The average Bonchev–Trinajstić information content (AvgIpc) is 3.07. The first kappa shape index (κ1) is 16.5. The van der Waals surface area contributed by atoms with Crippen molar-refractivity contribution < 1.29 is 13.2 Å². The van der Waals surface area contributed by atoms with Crippen LogP contribution in [-0.2, 0) is 27.8 Å². The number of nitrogens with zero attached hydrogens (tertiary/aromatic N) is 2.